The van der Waals surface area contributed by atoms with Crippen LogP contribution in [-0.2, 0) is 0 Å². The van der Waals surface area contributed by atoms with Crippen molar-refractivity contribution < 1.29 is 0 Å². The maximum atomic E-state index is 6.22. The highest BCUT2D eigenvalue weighted by molar-refractivity contribution is 9.13. The van der Waals surface area contributed by atoms with Crippen LogP contribution < -0.4 is 5.73 Å². The zero-order valence-electron chi connectivity index (χ0n) is 9.22. The van der Waals surface area contributed by atoms with Gasteiger partial charge in [0.05, 0.1) is 3.79 Å². The summed E-state index contributed by atoms with van der Waals surface area (Å²) in [5, 5.41) is 0. The second-order valence-electron chi connectivity index (χ2n) is 4.60. The normalized spacial score (nSPS) is 19.2. The minimum atomic E-state index is 0.216. The van der Waals surface area contributed by atoms with E-state index < -0.39 is 0 Å². The molecule has 1 aliphatic carbocycles. The summed E-state index contributed by atoms with van der Waals surface area (Å²) in [6, 6.07) is 2.36. The molecule has 0 saturated heterocycles. The molecular weight excluding hydrogens is 350 g/mol. The Morgan fingerprint density at radius 3 is 2.62 bits per heavy atom. The molecule has 0 bridgehead atoms. The first kappa shape index (κ1) is 13.1. The molecule has 1 aliphatic rings. The number of hydrogen-bond donors (Lipinski definition) is 1. The average Bonchev–Trinajstić information content (AvgIpc) is 2.86. The quantitative estimate of drug-likeness (QED) is 0.774. The minimum Gasteiger partial charge on any atom is -0.323 e. The van der Waals surface area contributed by atoms with Gasteiger partial charge in [0.2, 0.25) is 0 Å². The Labute approximate surface area is 118 Å². The van der Waals surface area contributed by atoms with E-state index in [1.807, 2.05) is 0 Å². The van der Waals surface area contributed by atoms with Crippen molar-refractivity contribution in [1.29, 1.82) is 0 Å². The lowest BCUT2D eigenvalue weighted by atomic mass is 9.98. The van der Waals surface area contributed by atoms with Crippen LogP contribution in [0.25, 0.3) is 0 Å². The van der Waals surface area contributed by atoms with E-state index in [0.29, 0.717) is 0 Å². The van der Waals surface area contributed by atoms with Crippen molar-refractivity contribution in [3.05, 3.63) is 19.2 Å². The molecule has 90 valence electrons. The van der Waals surface area contributed by atoms with Gasteiger partial charge in [0, 0.05) is 15.4 Å². The average molecular weight is 367 g/mol. The number of thiophene rings is 1. The zero-order chi connectivity index (χ0) is 11.5. The summed E-state index contributed by atoms with van der Waals surface area (Å²) in [5.74, 6) is 0.942. The number of halogens is 2. The second kappa shape index (κ2) is 5.98. The smallest absolute Gasteiger partial charge is 0.0843 e. The van der Waals surface area contributed by atoms with Gasteiger partial charge in [0.25, 0.3) is 0 Å². The van der Waals surface area contributed by atoms with Crippen molar-refractivity contribution in [2.45, 2.75) is 44.6 Å². The molecule has 4 heteroatoms. The highest BCUT2D eigenvalue weighted by Gasteiger charge is 2.18. The molecule has 1 unspecified atom stereocenters. The van der Waals surface area contributed by atoms with Crippen LogP contribution in [0.3, 0.4) is 0 Å². The summed E-state index contributed by atoms with van der Waals surface area (Å²) in [6.45, 7) is 0. The third-order valence-electron chi connectivity index (χ3n) is 3.39. The van der Waals surface area contributed by atoms with E-state index >= 15 is 0 Å². The third kappa shape index (κ3) is 3.31. The van der Waals surface area contributed by atoms with E-state index in [0.717, 1.165) is 20.6 Å². The molecular formula is C12H17Br2NS. The monoisotopic (exact) mass is 365 g/mol. The first-order valence-corrected chi connectivity index (χ1v) is 8.27. The second-order valence-corrected chi connectivity index (χ2v) is 7.86. The SMILES string of the molecule is NC(CCC1CCCC1)c1cc(Br)c(Br)s1. The molecule has 1 aromatic heterocycles. The summed E-state index contributed by atoms with van der Waals surface area (Å²) in [5.41, 5.74) is 6.22. The van der Waals surface area contributed by atoms with Crippen LogP contribution in [0.1, 0.15) is 49.4 Å². The maximum absolute atomic E-state index is 6.22. The molecule has 0 amide bonds. The molecule has 16 heavy (non-hydrogen) atoms. The van der Waals surface area contributed by atoms with E-state index in [1.165, 1.54) is 37.0 Å². The first-order chi connectivity index (χ1) is 7.66. The molecule has 2 N–H and O–H groups in total. The number of hydrogen-bond acceptors (Lipinski definition) is 2. The summed E-state index contributed by atoms with van der Waals surface area (Å²) >= 11 is 8.78. The standard InChI is InChI=1S/C12H17Br2NS/c13-9-7-11(16-12(9)14)10(15)6-5-8-3-1-2-4-8/h7-8,10H,1-6,15H2. The molecule has 1 aromatic rings. The molecule has 1 fully saturated rings. The van der Waals surface area contributed by atoms with Gasteiger partial charge in [0.15, 0.2) is 0 Å². The Hall–Kier alpha value is 0.620. The fourth-order valence-corrected chi connectivity index (χ4v) is 4.53. The zero-order valence-corrected chi connectivity index (χ0v) is 13.2. The van der Waals surface area contributed by atoms with E-state index in [9.17, 15) is 0 Å². The summed E-state index contributed by atoms with van der Waals surface area (Å²) in [6.07, 6.45) is 8.12. The van der Waals surface area contributed by atoms with Crippen molar-refractivity contribution in [1.82, 2.24) is 0 Å². The third-order valence-corrected chi connectivity index (χ3v) is 6.78. The molecule has 1 saturated carbocycles. The molecule has 2 rings (SSSR count). The molecule has 0 aliphatic heterocycles. The van der Waals surface area contributed by atoms with Gasteiger partial charge >= 0.3 is 0 Å². The van der Waals surface area contributed by atoms with Crippen molar-refractivity contribution in [3.63, 3.8) is 0 Å². The van der Waals surface area contributed by atoms with Crippen molar-refractivity contribution >= 4 is 43.2 Å². The van der Waals surface area contributed by atoms with E-state index in [4.69, 9.17) is 5.73 Å². The molecule has 1 heterocycles. The van der Waals surface area contributed by atoms with Crippen LogP contribution in [0.2, 0.25) is 0 Å². The van der Waals surface area contributed by atoms with Crippen LogP contribution in [0.15, 0.2) is 14.3 Å². The number of nitrogens with two attached hydrogens (primary N) is 1. The van der Waals surface area contributed by atoms with Gasteiger partial charge in [-0.2, -0.15) is 0 Å². The highest BCUT2D eigenvalue weighted by Crippen LogP contribution is 2.37. The van der Waals surface area contributed by atoms with Gasteiger partial charge in [-0.05, 0) is 56.7 Å². The van der Waals surface area contributed by atoms with Gasteiger partial charge in [-0.25, -0.2) is 0 Å². The van der Waals surface area contributed by atoms with Crippen LogP contribution in [0, 0.1) is 5.92 Å². The fourth-order valence-electron chi connectivity index (χ4n) is 2.40. The number of rotatable bonds is 4. The molecule has 0 radical (unpaired) electrons. The van der Waals surface area contributed by atoms with Crippen molar-refractivity contribution in [3.8, 4) is 0 Å². The van der Waals surface area contributed by atoms with Crippen LogP contribution in [0.4, 0.5) is 0 Å². The predicted molar refractivity (Wildman–Crippen MR) is 77.8 cm³/mol. The van der Waals surface area contributed by atoms with E-state index in [-0.39, 0.29) is 6.04 Å². The van der Waals surface area contributed by atoms with Gasteiger partial charge < -0.3 is 5.73 Å². The predicted octanol–water partition coefficient (Wildman–Crippen LogP) is 5.24. The van der Waals surface area contributed by atoms with Gasteiger partial charge in [-0.1, -0.05) is 25.7 Å². The maximum Gasteiger partial charge on any atom is 0.0843 e. The van der Waals surface area contributed by atoms with Gasteiger partial charge in [-0.15, -0.1) is 11.3 Å². The van der Waals surface area contributed by atoms with Crippen LogP contribution in [-0.4, -0.2) is 0 Å². The highest BCUT2D eigenvalue weighted by atomic mass is 79.9. The lowest BCUT2D eigenvalue weighted by Crippen LogP contribution is -2.10. The lowest BCUT2D eigenvalue weighted by molar-refractivity contribution is 0.456. The fraction of sp³-hybridized carbons (Fsp3) is 0.667. The Kier molecular flexibility index (Phi) is 4.89. The molecule has 0 aromatic carbocycles. The summed E-state index contributed by atoms with van der Waals surface area (Å²) < 4.78 is 2.28. The minimum absolute atomic E-state index is 0.216. The van der Waals surface area contributed by atoms with E-state index in [1.54, 1.807) is 11.3 Å². The first-order valence-electron chi connectivity index (χ1n) is 5.87. The summed E-state index contributed by atoms with van der Waals surface area (Å²) in [4.78, 5) is 1.29. The van der Waals surface area contributed by atoms with Gasteiger partial charge in [-0.3, -0.25) is 0 Å². The van der Waals surface area contributed by atoms with Crippen molar-refractivity contribution in [2.24, 2.45) is 11.7 Å². The molecule has 1 atom stereocenters. The topological polar surface area (TPSA) is 26.0 Å². The largest absolute Gasteiger partial charge is 0.323 e. The van der Waals surface area contributed by atoms with Crippen molar-refractivity contribution in [2.75, 3.05) is 0 Å². The Bertz CT molecular complexity index is 325. The Balaban J connectivity index is 1.84. The summed E-state index contributed by atoms with van der Waals surface area (Å²) in [7, 11) is 0. The molecule has 0 spiro atoms. The Morgan fingerprint density at radius 2 is 2.06 bits per heavy atom. The van der Waals surface area contributed by atoms with Crippen LogP contribution >= 0.6 is 43.2 Å². The molecule has 1 nitrogen and oxygen atoms in total. The Morgan fingerprint density at radius 1 is 1.38 bits per heavy atom. The van der Waals surface area contributed by atoms with Gasteiger partial charge in [0.1, 0.15) is 0 Å². The van der Waals surface area contributed by atoms with E-state index in [2.05, 4.69) is 37.9 Å². The lowest BCUT2D eigenvalue weighted by Gasteiger charge is -2.13. The van der Waals surface area contributed by atoms with Crippen LogP contribution in [0.5, 0.6) is 0 Å².